The first-order valence-corrected chi connectivity index (χ1v) is 4.31. The lowest BCUT2D eigenvalue weighted by atomic mass is 9.96. The molecule has 0 amide bonds. The zero-order valence-corrected chi connectivity index (χ0v) is 8.25. The van der Waals surface area contributed by atoms with Gasteiger partial charge in [-0.05, 0) is 19.9 Å². The Morgan fingerprint density at radius 1 is 1.57 bits per heavy atom. The minimum Gasteiger partial charge on any atom is -0.325 e. The number of hydrogen-bond donors (Lipinski definition) is 1. The molecule has 4 heteroatoms. The molecule has 14 heavy (non-hydrogen) atoms. The van der Waals surface area contributed by atoms with Crippen molar-refractivity contribution >= 4 is 5.78 Å². The number of ketones is 1. The van der Waals surface area contributed by atoms with Gasteiger partial charge in [-0.2, -0.15) is 0 Å². The summed E-state index contributed by atoms with van der Waals surface area (Å²) >= 11 is 0. The van der Waals surface area contributed by atoms with E-state index in [1.54, 1.807) is 13.8 Å². The van der Waals surface area contributed by atoms with Crippen molar-refractivity contribution < 1.29 is 9.18 Å². The van der Waals surface area contributed by atoms with Crippen LogP contribution in [0.4, 0.5) is 4.39 Å². The van der Waals surface area contributed by atoms with Crippen LogP contribution in [0.5, 0.6) is 0 Å². The topological polar surface area (TPSA) is 56.0 Å². The minimum absolute atomic E-state index is 0.179. The molecular formula is C10H13FN2O. The number of Topliss-reactive ketones (excluding diaryl/α,β-unsaturated/α-hetero) is 1. The van der Waals surface area contributed by atoms with Crippen LogP contribution in [0.25, 0.3) is 0 Å². The van der Waals surface area contributed by atoms with E-state index < -0.39 is 11.4 Å². The summed E-state index contributed by atoms with van der Waals surface area (Å²) in [4.78, 5) is 15.1. The van der Waals surface area contributed by atoms with Crippen molar-refractivity contribution in [1.29, 1.82) is 0 Å². The van der Waals surface area contributed by atoms with Crippen molar-refractivity contribution in [1.82, 2.24) is 4.98 Å². The van der Waals surface area contributed by atoms with E-state index in [-0.39, 0.29) is 17.8 Å². The van der Waals surface area contributed by atoms with Crippen molar-refractivity contribution in [2.45, 2.75) is 25.8 Å². The van der Waals surface area contributed by atoms with Gasteiger partial charge in [-0.25, -0.2) is 4.39 Å². The summed E-state index contributed by atoms with van der Waals surface area (Å²) < 4.78 is 12.7. The third kappa shape index (κ3) is 3.22. The third-order valence-electron chi connectivity index (χ3n) is 1.64. The van der Waals surface area contributed by atoms with Crippen molar-refractivity contribution in [3.05, 3.63) is 29.8 Å². The van der Waals surface area contributed by atoms with E-state index >= 15 is 0 Å². The molecule has 1 aromatic heterocycles. The fourth-order valence-electron chi connectivity index (χ4n) is 1.08. The van der Waals surface area contributed by atoms with E-state index in [0.29, 0.717) is 0 Å². The molecular weight excluding hydrogens is 183 g/mol. The molecule has 0 bridgehead atoms. The second kappa shape index (κ2) is 3.84. The Morgan fingerprint density at radius 2 is 2.21 bits per heavy atom. The summed E-state index contributed by atoms with van der Waals surface area (Å²) in [6, 6.07) is 1.17. The Hall–Kier alpha value is -1.29. The average Bonchev–Trinajstić information content (AvgIpc) is 2.01. The normalized spacial score (nSPS) is 11.4. The lowest BCUT2D eigenvalue weighted by Gasteiger charge is -2.16. The highest BCUT2D eigenvalue weighted by atomic mass is 19.1. The molecule has 0 aliphatic carbocycles. The molecule has 0 aliphatic rings. The van der Waals surface area contributed by atoms with Crippen LogP contribution in [-0.4, -0.2) is 16.3 Å². The van der Waals surface area contributed by atoms with E-state index in [9.17, 15) is 9.18 Å². The summed E-state index contributed by atoms with van der Waals surface area (Å²) in [6.45, 7) is 3.50. The summed E-state index contributed by atoms with van der Waals surface area (Å²) in [5.74, 6) is -0.699. The summed E-state index contributed by atoms with van der Waals surface area (Å²) in [5.41, 5.74) is 5.36. The van der Waals surface area contributed by atoms with Crippen LogP contribution in [0.15, 0.2) is 18.5 Å². The first-order valence-electron chi connectivity index (χ1n) is 4.31. The predicted octanol–water partition coefficient (Wildman–Crippen LogP) is 1.53. The number of nitrogens with two attached hydrogens (primary N) is 1. The standard InChI is InChI=1S/C10H13FN2O/c1-10(2,12)4-9(14)7-3-8(11)6-13-5-7/h3,5-6H,4,12H2,1-2H3. The molecule has 0 radical (unpaired) electrons. The number of nitrogens with zero attached hydrogens (tertiary/aromatic N) is 1. The Bertz CT molecular complexity index is 344. The number of rotatable bonds is 3. The number of aromatic nitrogens is 1. The molecule has 0 aromatic carbocycles. The molecule has 76 valence electrons. The predicted molar refractivity (Wildman–Crippen MR) is 51.4 cm³/mol. The first kappa shape index (κ1) is 10.8. The van der Waals surface area contributed by atoms with Crippen molar-refractivity contribution in [3.63, 3.8) is 0 Å². The summed E-state index contributed by atoms with van der Waals surface area (Å²) in [7, 11) is 0. The van der Waals surface area contributed by atoms with E-state index in [0.717, 1.165) is 6.20 Å². The van der Waals surface area contributed by atoms with Gasteiger partial charge in [0.15, 0.2) is 5.78 Å². The summed E-state index contributed by atoms with van der Waals surface area (Å²) in [5, 5.41) is 0. The van der Waals surface area contributed by atoms with Crippen LogP contribution in [-0.2, 0) is 0 Å². The van der Waals surface area contributed by atoms with Crippen molar-refractivity contribution in [2.75, 3.05) is 0 Å². The molecule has 1 rings (SSSR count). The molecule has 2 N–H and O–H groups in total. The molecule has 3 nitrogen and oxygen atoms in total. The van der Waals surface area contributed by atoms with Crippen LogP contribution in [0.3, 0.4) is 0 Å². The molecule has 0 aliphatic heterocycles. The van der Waals surface area contributed by atoms with Gasteiger partial charge < -0.3 is 5.73 Å². The highest BCUT2D eigenvalue weighted by Crippen LogP contribution is 2.11. The number of carbonyl (C=O) groups is 1. The van der Waals surface area contributed by atoms with Crippen LogP contribution in [0, 0.1) is 5.82 Å². The molecule has 0 saturated heterocycles. The number of halogens is 1. The lowest BCUT2D eigenvalue weighted by molar-refractivity contribution is 0.0959. The van der Waals surface area contributed by atoms with E-state index in [1.807, 2.05) is 0 Å². The third-order valence-corrected chi connectivity index (χ3v) is 1.64. The Labute approximate surface area is 82.1 Å². The van der Waals surface area contributed by atoms with Gasteiger partial charge in [0.25, 0.3) is 0 Å². The average molecular weight is 196 g/mol. The fourth-order valence-corrected chi connectivity index (χ4v) is 1.08. The van der Waals surface area contributed by atoms with Crippen LogP contribution in [0.1, 0.15) is 30.6 Å². The Kier molecular flexibility index (Phi) is 2.96. The minimum atomic E-state index is -0.580. The molecule has 1 heterocycles. The molecule has 0 fully saturated rings. The smallest absolute Gasteiger partial charge is 0.166 e. The van der Waals surface area contributed by atoms with Gasteiger partial charge in [-0.3, -0.25) is 9.78 Å². The molecule has 0 atom stereocenters. The molecule has 0 spiro atoms. The van der Waals surface area contributed by atoms with E-state index in [1.165, 1.54) is 12.3 Å². The maximum Gasteiger partial charge on any atom is 0.166 e. The Balaban J connectivity index is 2.80. The maximum absolute atomic E-state index is 12.7. The zero-order chi connectivity index (χ0) is 10.8. The van der Waals surface area contributed by atoms with Crippen LogP contribution in [0.2, 0.25) is 0 Å². The monoisotopic (exact) mass is 196 g/mol. The molecule has 1 aromatic rings. The van der Waals surface area contributed by atoms with Crippen molar-refractivity contribution in [2.24, 2.45) is 5.73 Å². The molecule has 0 unspecified atom stereocenters. The lowest BCUT2D eigenvalue weighted by Crippen LogP contribution is -2.34. The largest absolute Gasteiger partial charge is 0.325 e. The van der Waals surface area contributed by atoms with Crippen molar-refractivity contribution in [3.8, 4) is 0 Å². The van der Waals surface area contributed by atoms with Crippen LogP contribution >= 0.6 is 0 Å². The second-order valence-electron chi connectivity index (χ2n) is 3.98. The first-order chi connectivity index (χ1) is 6.38. The zero-order valence-electron chi connectivity index (χ0n) is 8.25. The molecule has 0 saturated carbocycles. The van der Waals surface area contributed by atoms with E-state index in [2.05, 4.69) is 4.98 Å². The van der Waals surface area contributed by atoms with Gasteiger partial charge in [0.05, 0.1) is 6.20 Å². The van der Waals surface area contributed by atoms with Gasteiger partial charge >= 0.3 is 0 Å². The Morgan fingerprint density at radius 3 is 2.71 bits per heavy atom. The SMILES string of the molecule is CC(C)(N)CC(=O)c1cncc(F)c1. The highest BCUT2D eigenvalue weighted by molar-refractivity contribution is 5.96. The van der Waals surface area contributed by atoms with E-state index in [4.69, 9.17) is 5.73 Å². The van der Waals surface area contributed by atoms with Gasteiger partial charge in [0.2, 0.25) is 0 Å². The highest BCUT2D eigenvalue weighted by Gasteiger charge is 2.18. The maximum atomic E-state index is 12.7. The number of pyridine rings is 1. The van der Waals surface area contributed by atoms with Gasteiger partial charge in [0.1, 0.15) is 5.82 Å². The number of hydrogen-bond acceptors (Lipinski definition) is 3. The number of carbonyl (C=O) groups excluding carboxylic acids is 1. The van der Waals surface area contributed by atoms with Crippen LogP contribution < -0.4 is 5.73 Å². The quantitative estimate of drug-likeness (QED) is 0.746. The van der Waals surface area contributed by atoms with Gasteiger partial charge in [-0.1, -0.05) is 0 Å². The summed E-state index contributed by atoms with van der Waals surface area (Å²) in [6.07, 6.45) is 2.58. The second-order valence-corrected chi connectivity index (χ2v) is 3.98. The van der Waals surface area contributed by atoms with Gasteiger partial charge in [-0.15, -0.1) is 0 Å². The fraction of sp³-hybridized carbons (Fsp3) is 0.400. The van der Waals surface area contributed by atoms with Gasteiger partial charge in [0, 0.05) is 23.7 Å².